The summed E-state index contributed by atoms with van der Waals surface area (Å²) in [6.45, 7) is 5.74. The first-order chi connectivity index (χ1) is 9.39. The molecule has 0 fully saturated rings. The fourth-order valence-corrected chi connectivity index (χ4v) is 1.85. The van der Waals surface area contributed by atoms with E-state index in [9.17, 15) is 4.79 Å². The zero-order valence-electron chi connectivity index (χ0n) is 12.1. The van der Waals surface area contributed by atoms with Crippen molar-refractivity contribution in [3.05, 3.63) is 29.5 Å². The van der Waals surface area contributed by atoms with Crippen molar-refractivity contribution in [1.29, 1.82) is 0 Å². The van der Waals surface area contributed by atoms with E-state index < -0.39 is 11.7 Å². The highest BCUT2D eigenvalue weighted by Crippen LogP contribution is 2.33. The number of nitrogens with one attached hydrogen (secondary N) is 1. The zero-order valence-corrected chi connectivity index (χ0v) is 12.1. The van der Waals surface area contributed by atoms with Gasteiger partial charge in [-0.25, -0.2) is 4.79 Å². The van der Waals surface area contributed by atoms with Gasteiger partial charge in [-0.05, 0) is 39.0 Å². The smallest absolute Gasteiger partial charge is 0.412 e. The van der Waals surface area contributed by atoms with Crippen molar-refractivity contribution in [2.24, 2.45) is 0 Å². The van der Waals surface area contributed by atoms with Gasteiger partial charge in [-0.3, -0.25) is 5.32 Å². The SMILES string of the molecule is COc1cccc2c1C=C(NC(=O)OC(C)(C)C)CO2. The molecule has 0 saturated heterocycles. The second kappa shape index (κ2) is 5.45. The van der Waals surface area contributed by atoms with Crippen LogP contribution in [0.15, 0.2) is 23.9 Å². The highest BCUT2D eigenvalue weighted by Gasteiger charge is 2.20. The van der Waals surface area contributed by atoms with Crippen LogP contribution in [0.4, 0.5) is 4.79 Å². The molecule has 1 N–H and O–H groups in total. The van der Waals surface area contributed by atoms with Crippen LogP contribution >= 0.6 is 0 Å². The summed E-state index contributed by atoms with van der Waals surface area (Å²) < 4.78 is 16.1. The van der Waals surface area contributed by atoms with Gasteiger partial charge in [0.15, 0.2) is 0 Å². The Balaban J connectivity index is 2.15. The molecule has 1 aromatic carbocycles. The van der Waals surface area contributed by atoms with Gasteiger partial charge in [0.2, 0.25) is 0 Å². The molecule has 0 saturated carbocycles. The molecule has 5 nitrogen and oxygen atoms in total. The number of fused-ring (bicyclic) bond motifs is 1. The average Bonchev–Trinajstić information content (AvgIpc) is 2.35. The van der Waals surface area contributed by atoms with Gasteiger partial charge in [-0.1, -0.05) is 6.07 Å². The number of benzene rings is 1. The first-order valence-electron chi connectivity index (χ1n) is 6.39. The van der Waals surface area contributed by atoms with E-state index in [-0.39, 0.29) is 0 Å². The normalized spacial score (nSPS) is 13.7. The number of carbonyl (C=O) groups is 1. The number of hydrogen-bond donors (Lipinski definition) is 1. The van der Waals surface area contributed by atoms with Crippen molar-refractivity contribution in [2.75, 3.05) is 13.7 Å². The topological polar surface area (TPSA) is 56.8 Å². The van der Waals surface area contributed by atoms with Gasteiger partial charge < -0.3 is 14.2 Å². The fraction of sp³-hybridized carbons (Fsp3) is 0.400. The number of rotatable bonds is 2. The summed E-state index contributed by atoms with van der Waals surface area (Å²) in [6, 6.07) is 5.56. The molecule has 0 aromatic heterocycles. The molecule has 1 heterocycles. The van der Waals surface area contributed by atoms with Crippen molar-refractivity contribution >= 4 is 12.2 Å². The monoisotopic (exact) mass is 277 g/mol. The van der Waals surface area contributed by atoms with Crippen LogP contribution in [0.5, 0.6) is 11.5 Å². The Morgan fingerprint density at radius 3 is 2.75 bits per heavy atom. The maximum Gasteiger partial charge on any atom is 0.412 e. The van der Waals surface area contributed by atoms with Crippen LogP contribution in [0.2, 0.25) is 0 Å². The van der Waals surface area contributed by atoms with E-state index in [4.69, 9.17) is 14.2 Å². The Kier molecular flexibility index (Phi) is 3.88. The lowest BCUT2D eigenvalue weighted by Crippen LogP contribution is -2.34. The van der Waals surface area contributed by atoms with Crippen molar-refractivity contribution in [1.82, 2.24) is 5.32 Å². The highest BCUT2D eigenvalue weighted by molar-refractivity contribution is 5.75. The van der Waals surface area contributed by atoms with Crippen LogP contribution in [0.1, 0.15) is 26.3 Å². The summed E-state index contributed by atoms with van der Waals surface area (Å²) in [7, 11) is 1.60. The molecule has 1 aliphatic rings. The summed E-state index contributed by atoms with van der Waals surface area (Å²) in [5, 5.41) is 2.69. The number of ether oxygens (including phenoxy) is 3. The van der Waals surface area contributed by atoms with E-state index in [1.165, 1.54) is 0 Å². The van der Waals surface area contributed by atoms with E-state index in [1.807, 2.05) is 45.0 Å². The Bertz CT molecular complexity index is 543. The molecule has 0 bridgehead atoms. The summed E-state index contributed by atoms with van der Waals surface area (Å²) in [4.78, 5) is 11.7. The van der Waals surface area contributed by atoms with Gasteiger partial charge in [0.1, 0.15) is 23.7 Å². The first kappa shape index (κ1) is 14.2. The van der Waals surface area contributed by atoms with Gasteiger partial charge in [-0.2, -0.15) is 0 Å². The Labute approximate surface area is 118 Å². The summed E-state index contributed by atoms with van der Waals surface area (Å²) in [5.74, 6) is 1.43. The average molecular weight is 277 g/mol. The van der Waals surface area contributed by atoms with Crippen LogP contribution in [-0.4, -0.2) is 25.4 Å². The van der Waals surface area contributed by atoms with E-state index in [1.54, 1.807) is 7.11 Å². The van der Waals surface area contributed by atoms with E-state index in [0.29, 0.717) is 18.1 Å². The predicted molar refractivity (Wildman–Crippen MR) is 75.8 cm³/mol. The molecular formula is C15H19NO4. The second-order valence-electron chi connectivity index (χ2n) is 5.46. The summed E-state index contributed by atoms with van der Waals surface area (Å²) >= 11 is 0. The Morgan fingerprint density at radius 1 is 1.35 bits per heavy atom. The first-order valence-corrected chi connectivity index (χ1v) is 6.39. The summed E-state index contributed by atoms with van der Waals surface area (Å²) in [5.41, 5.74) is 0.916. The lowest BCUT2D eigenvalue weighted by Gasteiger charge is -2.23. The molecule has 1 aliphatic heterocycles. The lowest BCUT2D eigenvalue weighted by molar-refractivity contribution is 0.0540. The van der Waals surface area contributed by atoms with Gasteiger partial charge in [0.05, 0.1) is 18.4 Å². The molecule has 0 aliphatic carbocycles. The molecule has 1 aromatic rings. The van der Waals surface area contributed by atoms with Crippen LogP contribution < -0.4 is 14.8 Å². The molecule has 5 heteroatoms. The van der Waals surface area contributed by atoms with E-state index in [0.717, 1.165) is 11.3 Å². The third-order valence-corrected chi connectivity index (χ3v) is 2.61. The number of methoxy groups -OCH3 is 1. The highest BCUT2D eigenvalue weighted by atomic mass is 16.6. The van der Waals surface area contributed by atoms with Crippen molar-refractivity contribution in [2.45, 2.75) is 26.4 Å². The van der Waals surface area contributed by atoms with Crippen molar-refractivity contribution in [3.63, 3.8) is 0 Å². The molecule has 0 radical (unpaired) electrons. The predicted octanol–water partition coefficient (Wildman–Crippen LogP) is 2.95. The molecule has 0 unspecified atom stereocenters. The second-order valence-corrected chi connectivity index (χ2v) is 5.46. The molecule has 2 rings (SSSR count). The van der Waals surface area contributed by atoms with Crippen molar-refractivity contribution in [3.8, 4) is 11.5 Å². The molecular weight excluding hydrogens is 258 g/mol. The largest absolute Gasteiger partial charge is 0.496 e. The van der Waals surface area contributed by atoms with Gasteiger partial charge in [0, 0.05) is 0 Å². The third kappa shape index (κ3) is 3.44. The minimum atomic E-state index is -0.532. The molecule has 20 heavy (non-hydrogen) atoms. The maximum atomic E-state index is 11.7. The number of alkyl carbamates (subject to hydrolysis) is 1. The number of hydrogen-bond acceptors (Lipinski definition) is 4. The molecule has 1 amide bonds. The van der Waals surface area contributed by atoms with Crippen LogP contribution in [0, 0.1) is 0 Å². The Hall–Kier alpha value is -2.17. The van der Waals surface area contributed by atoms with Crippen LogP contribution in [0.3, 0.4) is 0 Å². The maximum absolute atomic E-state index is 11.7. The number of carbonyl (C=O) groups excluding carboxylic acids is 1. The van der Waals surface area contributed by atoms with Crippen molar-refractivity contribution < 1.29 is 19.0 Å². The van der Waals surface area contributed by atoms with Crippen LogP contribution in [-0.2, 0) is 4.74 Å². The lowest BCUT2D eigenvalue weighted by atomic mass is 10.1. The molecule has 0 spiro atoms. The quantitative estimate of drug-likeness (QED) is 0.903. The van der Waals surface area contributed by atoms with Gasteiger partial charge >= 0.3 is 6.09 Å². The minimum absolute atomic E-state index is 0.291. The third-order valence-electron chi connectivity index (χ3n) is 2.61. The standard InChI is InChI=1S/C15H19NO4/c1-15(2,3)20-14(17)16-10-8-11-12(18-4)6-5-7-13(11)19-9-10/h5-8H,9H2,1-4H3,(H,16,17). The van der Waals surface area contributed by atoms with E-state index >= 15 is 0 Å². The van der Waals surface area contributed by atoms with Crippen LogP contribution in [0.25, 0.3) is 6.08 Å². The van der Waals surface area contributed by atoms with Gasteiger partial charge in [0.25, 0.3) is 0 Å². The number of amides is 1. The molecule has 0 atom stereocenters. The summed E-state index contributed by atoms with van der Waals surface area (Å²) in [6.07, 6.45) is 1.34. The Morgan fingerprint density at radius 2 is 2.10 bits per heavy atom. The minimum Gasteiger partial charge on any atom is -0.496 e. The van der Waals surface area contributed by atoms with Gasteiger partial charge in [-0.15, -0.1) is 0 Å². The molecule has 108 valence electrons. The van der Waals surface area contributed by atoms with E-state index in [2.05, 4.69) is 5.32 Å². The zero-order chi connectivity index (χ0) is 14.8. The fourth-order valence-electron chi connectivity index (χ4n) is 1.85.